The van der Waals surface area contributed by atoms with Crippen molar-refractivity contribution in [3.05, 3.63) is 34.5 Å². The average molecular weight is 193 g/mol. The van der Waals surface area contributed by atoms with Gasteiger partial charge < -0.3 is 15.0 Å². The zero-order chi connectivity index (χ0) is 9.97. The summed E-state index contributed by atoms with van der Waals surface area (Å²) in [5.41, 5.74) is 2.45. The quantitative estimate of drug-likeness (QED) is 0.660. The molecule has 3 heteroatoms. The number of hydrogen-bond acceptors (Lipinski definition) is 2. The molecule has 1 aliphatic rings. The fourth-order valence-electron chi connectivity index (χ4n) is 1.91. The molecular formula is C11H15NO2. The molecule has 14 heavy (non-hydrogen) atoms. The van der Waals surface area contributed by atoms with Crippen molar-refractivity contribution in [3.63, 3.8) is 0 Å². The molecular weight excluding hydrogens is 178 g/mol. The molecule has 1 atom stereocenters. The fraction of sp³-hybridized carbons (Fsp3) is 0.455. The molecule has 0 bridgehead atoms. The third kappa shape index (κ3) is 1.89. The molecule has 0 saturated heterocycles. The molecule has 3 nitrogen and oxygen atoms in total. The summed E-state index contributed by atoms with van der Waals surface area (Å²) in [7, 11) is 1.67. The van der Waals surface area contributed by atoms with Crippen molar-refractivity contribution >= 4 is 0 Å². The molecule has 76 valence electrons. The minimum absolute atomic E-state index is 0.355. The standard InChI is InChI=1S/C11H15NO2/c1-14-11-5-4-10-8-12(13)6-2-3-9(10)7-11/h4-5,7,12H,2-3,6,8H2,1H3. The van der Waals surface area contributed by atoms with Gasteiger partial charge in [-0.3, -0.25) is 0 Å². The normalized spacial score (nSPS) is 21.1. The summed E-state index contributed by atoms with van der Waals surface area (Å²) in [4.78, 5) is 0. The van der Waals surface area contributed by atoms with Gasteiger partial charge in [-0.1, -0.05) is 0 Å². The van der Waals surface area contributed by atoms with Gasteiger partial charge in [0.15, 0.2) is 0 Å². The van der Waals surface area contributed by atoms with Crippen LogP contribution in [-0.2, 0) is 13.0 Å². The summed E-state index contributed by atoms with van der Waals surface area (Å²) in [6.07, 6.45) is 1.97. The van der Waals surface area contributed by atoms with Crippen LogP contribution >= 0.6 is 0 Å². The van der Waals surface area contributed by atoms with Crippen LogP contribution in [-0.4, -0.2) is 13.7 Å². The SMILES string of the molecule is COc1ccc2c(c1)CCC[NH+]([O-])C2. The monoisotopic (exact) mass is 193 g/mol. The third-order valence-corrected chi connectivity index (χ3v) is 2.70. The van der Waals surface area contributed by atoms with Crippen LogP contribution in [0.1, 0.15) is 17.5 Å². The van der Waals surface area contributed by atoms with E-state index in [0.29, 0.717) is 11.6 Å². The summed E-state index contributed by atoms with van der Waals surface area (Å²) >= 11 is 0. The predicted octanol–water partition coefficient (Wildman–Crippen LogP) is 0.524. The lowest BCUT2D eigenvalue weighted by Crippen LogP contribution is -3.05. The first-order chi connectivity index (χ1) is 6.79. The maximum atomic E-state index is 11.4. The van der Waals surface area contributed by atoms with E-state index >= 15 is 0 Å². The summed E-state index contributed by atoms with van der Waals surface area (Å²) in [6.45, 7) is 1.32. The van der Waals surface area contributed by atoms with Gasteiger partial charge in [-0.05, 0) is 30.2 Å². The van der Waals surface area contributed by atoms with E-state index in [1.165, 1.54) is 11.1 Å². The number of nitrogens with one attached hydrogen (secondary N) is 1. The lowest BCUT2D eigenvalue weighted by Gasteiger charge is -2.19. The number of quaternary nitrogens is 1. The van der Waals surface area contributed by atoms with Crippen LogP contribution in [0.25, 0.3) is 0 Å². The molecule has 0 spiro atoms. The van der Waals surface area contributed by atoms with Gasteiger partial charge in [0, 0.05) is 12.0 Å². The van der Waals surface area contributed by atoms with E-state index in [1.807, 2.05) is 18.2 Å². The van der Waals surface area contributed by atoms with Crippen molar-refractivity contribution in [1.29, 1.82) is 0 Å². The number of hydroxylamine groups is 2. The molecule has 2 rings (SSSR count). The Labute approximate surface area is 83.9 Å². The number of methoxy groups -OCH3 is 1. The molecule has 1 N–H and O–H groups in total. The van der Waals surface area contributed by atoms with Gasteiger partial charge in [0.25, 0.3) is 0 Å². The van der Waals surface area contributed by atoms with Crippen LogP contribution in [0.4, 0.5) is 0 Å². The number of benzene rings is 1. The van der Waals surface area contributed by atoms with E-state index in [9.17, 15) is 5.21 Å². The Kier molecular flexibility index (Phi) is 2.70. The van der Waals surface area contributed by atoms with Crippen LogP contribution < -0.4 is 9.80 Å². The zero-order valence-electron chi connectivity index (χ0n) is 8.38. The first kappa shape index (κ1) is 9.49. The number of aryl methyl sites for hydroxylation is 1. The number of hydrogen-bond donors (Lipinski definition) is 1. The van der Waals surface area contributed by atoms with Crippen molar-refractivity contribution in [1.82, 2.24) is 0 Å². The first-order valence-corrected chi connectivity index (χ1v) is 4.97. The fourth-order valence-corrected chi connectivity index (χ4v) is 1.91. The topological polar surface area (TPSA) is 36.7 Å². The Bertz CT molecular complexity index is 325. The molecule has 1 aromatic carbocycles. The highest BCUT2D eigenvalue weighted by molar-refractivity contribution is 5.35. The number of rotatable bonds is 1. The lowest BCUT2D eigenvalue weighted by atomic mass is 10.0. The molecule has 0 aromatic heterocycles. The second-order valence-corrected chi connectivity index (χ2v) is 3.70. The maximum absolute atomic E-state index is 11.4. The summed E-state index contributed by atoms with van der Waals surface area (Å²) in [6, 6.07) is 5.99. The van der Waals surface area contributed by atoms with E-state index in [1.54, 1.807) is 7.11 Å². The molecule has 0 amide bonds. The molecule has 0 radical (unpaired) electrons. The minimum atomic E-state index is 0.355. The molecule has 1 aliphatic heterocycles. The van der Waals surface area contributed by atoms with Crippen LogP contribution in [0.3, 0.4) is 0 Å². The number of fused-ring (bicyclic) bond motifs is 1. The van der Waals surface area contributed by atoms with Gasteiger partial charge in [-0.2, -0.15) is 0 Å². The molecule has 1 heterocycles. The lowest BCUT2D eigenvalue weighted by molar-refractivity contribution is -0.862. The van der Waals surface area contributed by atoms with Gasteiger partial charge in [0.2, 0.25) is 0 Å². The van der Waals surface area contributed by atoms with Crippen LogP contribution in [0, 0.1) is 5.21 Å². The zero-order valence-corrected chi connectivity index (χ0v) is 8.38. The van der Waals surface area contributed by atoms with Crippen LogP contribution in [0.15, 0.2) is 18.2 Å². The summed E-state index contributed by atoms with van der Waals surface area (Å²) in [5.74, 6) is 0.887. The third-order valence-electron chi connectivity index (χ3n) is 2.70. The van der Waals surface area contributed by atoms with E-state index in [4.69, 9.17) is 4.74 Å². The van der Waals surface area contributed by atoms with Gasteiger partial charge in [-0.25, -0.2) is 0 Å². The van der Waals surface area contributed by atoms with Gasteiger partial charge in [0.05, 0.1) is 13.7 Å². The average Bonchev–Trinajstić information content (AvgIpc) is 2.37. The number of ether oxygens (including phenoxy) is 1. The van der Waals surface area contributed by atoms with E-state index in [2.05, 4.69) is 0 Å². The van der Waals surface area contributed by atoms with Gasteiger partial charge in [-0.15, -0.1) is 0 Å². The molecule has 0 aliphatic carbocycles. The second-order valence-electron chi connectivity index (χ2n) is 3.70. The molecule has 1 aromatic rings. The highest BCUT2D eigenvalue weighted by Gasteiger charge is 2.12. The highest BCUT2D eigenvalue weighted by Crippen LogP contribution is 2.19. The Morgan fingerprint density at radius 3 is 3.00 bits per heavy atom. The Hall–Kier alpha value is -1.06. The Morgan fingerprint density at radius 1 is 1.36 bits per heavy atom. The Morgan fingerprint density at radius 2 is 2.21 bits per heavy atom. The molecule has 0 fully saturated rings. The Balaban J connectivity index is 2.31. The van der Waals surface area contributed by atoms with E-state index in [-0.39, 0.29) is 0 Å². The van der Waals surface area contributed by atoms with Gasteiger partial charge in [0.1, 0.15) is 12.3 Å². The summed E-state index contributed by atoms with van der Waals surface area (Å²) < 4.78 is 5.16. The van der Waals surface area contributed by atoms with Crippen molar-refractivity contribution in [3.8, 4) is 5.75 Å². The van der Waals surface area contributed by atoms with Crippen molar-refractivity contribution in [2.75, 3.05) is 13.7 Å². The molecule has 0 saturated carbocycles. The van der Waals surface area contributed by atoms with Crippen molar-refractivity contribution in [2.45, 2.75) is 19.4 Å². The van der Waals surface area contributed by atoms with E-state index in [0.717, 1.165) is 25.1 Å². The van der Waals surface area contributed by atoms with Gasteiger partial charge >= 0.3 is 0 Å². The first-order valence-electron chi connectivity index (χ1n) is 4.97. The largest absolute Gasteiger partial charge is 0.634 e. The van der Waals surface area contributed by atoms with Crippen molar-refractivity contribution in [2.24, 2.45) is 0 Å². The van der Waals surface area contributed by atoms with Crippen molar-refractivity contribution < 1.29 is 9.80 Å². The highest BCUT2D eigenvalue weighted by atomic mass is 16.5. The minimum Gasteiger partial charge on any atom is -0.634 e. The van der Waals surface area contributed by atoms with E-state index < -0.39 is 0 Å². The maximum Gasteiger partial charge on any atom is 0.119 e. The van der Waals surface area contributed by atoms with Crippen LogP contribution in [0.2, 0.25) is 0 Å². The summed E-state index contributed by atoms with van der Waals surface area (Å²) in [5, 5.41) is 11.7. The van der Waals surface area contributed by atoms with Crippen LogP contribution in [0.5, 0.6) is 5.75 Å². The second kappa shape index (κ2) is 3.98. The molecule has 1 unspecified atom stereocenters. The smallest absolute Gasteiger partial charge is 0.119 e. The predicted molar refractivity (Wildman–Crippen MR) is 54.2 cm³/mol.